The summed E-state index contributed by atoms with van der Waals surface area (Å²) < 4.78 is 0. The van der Waals surface area contributed by atoms with Gasteiger partial charge in [0.05, 0.1) is 0 Å². The molecule has 4 heteroatoms. The second-order valence-corrected chi connectivity index (χ2v) is 5.07. The van der Waals surface area contributed by atoms with Gasteiger partial charge >= 0.3 is 5.97 Å². The highest BCUT2D eigenvalue weighted by Gasteiger charge is 2.25. The quantitative estimate of drug-likeness (QED) is 0.786. The van der Waals surface area contributed by atoms with Gasteiger partial charge in [-0.15, -0.1) is 0 Å². The minimum absolute atomic E-state index is 0.254. The number of carbonyl (C=O) groups is 1. The maximum absolute atomic E-state index is 11.2. The Morgan fingerprint density at radius 1 is 1.33 bits per heavy atom. The first kappa shape index (κ1) is 12.8. The lowest BCUT2D eigenvalue weighted by atomic mass is 10.2. The predicted molar refractivity (Wildman–Crippen MR) is 64.5 cm³/mol. The Hall–Kier alpha value is -0.220. The van der Waals surface area contributed by atoms with Crippen molar-refractivity contribution in [1.82, 2.24) is 4.90 Å². The molecule has 1 N–H and O–H groups in total. The van der Waals surface area contributed by atoms with Gasteiger partial charge in [0, 0.05) is 0 Å². The summed E-state index contributed by atoms with van der Waals surface area (Å²) in [6.45, 7) is 1.93. The Morgan fingerprint density at radius 3 is 2.40 bits per heavy atom. The highest BCUT2D eigenvalue weighted by atomic mass is 32.2. The molecule has 0 radical (unpaired) electrons. The van der Waals surface area contributed by atoms with E-state index in [1.54, 1.807) is 11.8 Å². The van der Waals surface area contributed by atoms with Crippen LogP contribution in [-0.4, -0.2) is 47.1 Å². The fourth-order valence-electron chi connectivity index (χ4n) is 2.10. The third-order valence-corrected chi connectivity index (χ3v) is 3.61. The molecular weight excluding hydrogens is 210 g/mol. The lowest BCUT2D eigenvalue weighted by molar-refractivity contribution is -0.143. The van der Waals surface area contributed by atoms with E-state index in [0.717, 1.165) is 38.1 Å². The van der Waals surface area contributed by atoms with Crippen LogP contribution in [0.15, 0.2) is 0 Å². The first-order chi connectivity index (χ1) is 7.25. The SMILES string of the molecule is CSCCC(C(=O)O)N1CCCCCC1. The molecule has 0 saturated carbocycles. The fourth-order valence-corrected chi connectivity index (χ4v) is 2.56. The molecule has 0 aromatic heterocycles. The molecule has 1 atom stereocenters. The Morgan fingerprint density at radius 2 is 1.93 bits per heavy atom. The molecule has 3 nitrogen and oxygen atoms in total. The Kier molecular flexibility index (Phi) is 6.10. The van der Waals surface area contributed by atoms with Gasteiger partial charge in [-0.3, -0.25) is 9.69 Å². The van der Waals surface area contributed by atoms with Crippen LogP contribution in [0.3, 0.4) is 0 Å². The first-order valence-corrected chi connectivity index (χ1v) is 7.11. The molecule has 0 amide bonds. The number of likely N-dealkylation sites (tertiary alicyclic amines) is 1. The monoisotopic (exact) mass is 231 g/mol. The highest BCUT2D eigenvalue weighted by Crippen LogP contribution is 2.15. The van der Waals surface area contributed by atoms with Crippen LogP contribution < -0.4 is 0 Å². The molecule has 0 spiro atoms. The summed E-state index contributed by atoms with van der Waals surface area (Å²) in [7, 11) is 0. The van der Waals surface area contributed by atoms with E-state index >= 15 is 0 Å². The summed E-state index contributed by atoms with van der Waals surface area (Å²) in [6.07, 6.45) is 7.63. The number of carboxylic acid groups (broad SMARTS) is 1. The number of hydrogen-bond acceptors (Lipinski definition) is 3. The molecule has 0 aromatic rings. The zero-order valence-corrected chi connectivity index (χ0v) is 10.3. The maximum atomic E-state index is 11.2. The van der Waals surface area contributed by atoms with Crippen LogP contribution in [0, 0.1) is 0 Å². The molecule has 0 aliphatic carbocycles. The van der Waals surface area contributed by atoms with E-state index in [2.05, 4.69) is 4.90 Å². The number of hydrogen-bond donors (Lipinski definition) is 1. The van der Waals surface area contributed by atoms with Crippen molar-refractivity contribution in [1.29, 1.82) is 0 Å². The van der Waals surface area contributed by atoms with Gasteiger partial charge in [-0.25, -0.2) is 0 Å². The van der Waals surface area contributed by atoms with Crippen molar-refractivity contribution in [2.45, 2.75) is 38.1 Å². The van der Waals surface area contributed by atoms with Crippen molar-refractivity contribution >= 4 is 17.7 Å². The van der Waals surface area contributed by atoms with Gasteiger partial charge in [-0.2, -0.15) is 11.8 Å². The lowest BCUT2D eigenvalue weighted by Crippen LogP contribution is -2.42. The number of carboxylic acids is 1. The topological polar surface area (TPSA) is 40.5 Å². The number of nitrogens with zero attached hydrogens (tertiary/aromatic N) is 1. The fraction of sp³-hybridized carbons (Fsp3) is 0.909. The summed E-state index contributed by atoms with van der Waals surface area (Å²) in [5.74, 6) is 0.291. The van der Waals surface area contributed by atoms with Crippen molar-refractivity contribution in [2.75, 3.05) is 25.1 Å². The largest absolute Gasteiger partial charge is 0.480 e. The van der Waals surface area contributed by atoms with Crippen LogP contribution in [-0.2, 0) is 4.79 Å². The second kappa shape index (κ2) is 7.12. The van der Waals surface area contributed by atoms with E-state index in [-0.39, 0.29) is 6.04 Å². The van der Waals surface area contributed by atoms with Crippen LogP contribution >= 0.6 is 11.8 Å². The molecule has 1 unspecified atom stereocenters. The average Bonchev–Trinajstić information content (AvgIpc) is 2.47. The normalized spacial score (nSPS) is 20.9. The Labute approximate surface area is 96.2 Å². The maximum Gasteiger partial charge on any atom is 0.320 e. The van der Waals surface area contributed by atoms with Gasteiger partial charge in [0.2, 0.25) is 0 Å². The van der Waals surface area contributed by atoms with E-state index in [0.29, 0.717) is 0 Å². The molecule has 0 aromatic carbocycles. The zero-order valence-electron chi connectivity index (χ0n) is 9.45. The molecule has 1 aliphatic heterocycles. The van der Waals surface area contributed by atoms with Crippen molar-refractivity contribution in [3.05, 3.63) is 0 Å². The summed E-state index contributed by atoms with van der Waals surface area (Å²) in [6, 6.07) is -0.254. The average molecular weight is 231 g/mol. The molecule has 1 heterocycles. The minimum Gasteiger partial charge on any atom is -0.480 e. The van der Waals surface area contributed by atoms with Crippen LogP contribution in [0.1, 0.15) is 32.1 Å². The number of rotatable bonds is 5. The minimum atomic E-state index is -0.647. The van der Waals surface area contributed by atoms with E-state index in [4.69, 9.17) is 0 Å². The lowest BCUT2D eigenvalue weighted by Gasteiger charge is -2.27. The van der Waals surface area contributed by atoms with Crippen LogP contribution in [0.4, 0.5) is 0 Å². The molecular formula is C11H21NO2S. The van der Waals surface area contributed by atoms with Gasteiger partial charge in [0.15, 0.2) is 0 Å². The second-order valence-electron chi connectivity index (χ2n) is 4.09. The van der Waals surface area contributed by atoms with Crippen LogP contribution in [0.25, 0.3) is 0 Å². The third kappa shape index (κ3) is 4.43. The van der Waals surface area contributed by atoms with Gasteiger partial charge in [0.25, 0.3) is 0 Å². The summed E-state index contributed by atoms with van der Waals surface area (Å²) in [5, 5.41) is 9.19. The number of aliphatic carboxylic acids is 1. The van der Waals surface area contributed by atoms with Gasteiger partial charge in [-0.05, 0) is 44.4 Å². The van der Waals surface area contributed by atoms with Gasteiger partial charge in [-0.1, -0.05) is 12.8 Å². The molecule has 1 rings (SSSR count). The Bertz CT molecular complexity index is 191. The van der Waals surface area contributed by atoms with Gasteiger partial charge < -0.3 is 5.11 Å². The zero-order chi connectivity index (χ0) is 11.1. The predicted octanol–water partition coefficient (Wildman–Crippen LogP) is 2.07. The van der Waals surface area contributed by atoms with Crippen molar-refractivity contribution in [2.24, 2.45) is 0 Å². The molecule has 0 bridgehead atoms. The van der Waals surface area contributed by atoms with Crippen LogP contribution in [0.5, 0.6) is 0 Å². The first-order valence-electron chi connectivity index (χ1n) is 5.71. The van der Waals surface area contributed by atoms with Crippen LogP contribution in [0.2, 0.25) is 0 Å². The molecule has 1 aliphatic rings. The highest BCUT2D eigenvalue weighted by molar-refractivity contribution is 7.98. The third-order valence-electron chi connectivity index (χ3n) is 2.96. The van der Waals surface area contributed by atoms with Crippen molar-refractivity contribution in [3.8, 4) is 0 Å². The van der Waals surface area contributed by atoms with Crippen molar-refractivity contribution < 1.29 is 9.90 Å². The van der Waals surface area contributed by atoms with Crippen molar-refractivity contribution in [3.63, 3.8) is 0 Å². The molecule has 1 saturated heterocycles. The van der Waals surface area contributed by atoms with E-state index in [1.807, 2.05) is 6.26 Å². The van der Waals surface area contributed by atoms with Gasteiger partial charge in [0.1, 0.15) is 6.04 Å². The van der Waals surface area contributed by atoms with E-state index in [1.165, 1.54) is 12.8 Å². The van der Waals surface area contributed by atoms with E-state index < -0.39 is 5.97 Å². The number of thioether (sulfide) groups is 1. The molecule has 15 heavy (non-hydrogen) atoms. The summed E-state index contributed by atoms with van der Waals surface area (Å²) in [5.41, 5.74) is 0. The summed E-state index contributed by atoms with van der Waals surface area (Å²) in [4.78, 5) is 13.3. The summed E-state index contributed by atoms with van der Waals surface area (Å²) >= 11 is 1.73. The van der Waals surface area contributed by atoms with E-state index in [9.17, 15) is 9.90 Å². The molecule has 88 valence electrons. The smallest absolute Gasteiger partial charge is 0.320 e. The molecule has 1 fully saturated rings. The standard InChI is InChI=1S/C11H21NO2S/c1-15-9-6-10(11(13)14)12-7-4-2-3-5-8-12/h10H,2-9H2,1H3,(H,13,14). The Balaban J connectivity index is 2.48.